The van der Waals surface area contributed by atoms with Gasteiger partial charge in [-0.3, -0.25) is 0 Å². The molecule has 0 radical (unpaired) electrons. The van der Waals surface area contributed by atoms with E-state index < -0.39 is 47.4 Å². The number of benzene rings is 1. The lowest BCUT2D eigenvalue weighted by Gasteiger charge is -2.35. The summed E-state index contributed by atoms with van der Waals surface area (Å²) in [6.07, 6.45) is -10.5. The molecular weight excluding hydrogens is 388 g/mol. The van der Waals surface area contributed by atoms with E-state index in [0.29, 0.717) is 0 Å². The van der Waals surface area contributed by atoms with E-state index >= 15 is 0 Å². The molecule has 0 aromatic heterocycles. The van der Waals surface area contributed by atoms with Gasteiger partial charge in [-0.1, -0.05) is 0 Å². The van der Waals surface area contributed by atoms with E-state index in [2.05, 4.69) is 4.74 Å². The highest BCUT2D eigenvalue weighted by atomic mass is 19.4. The summed E-state index contributed by atoms with van der Waals surface area (Å²) in [6, 6.07) is -3.56. The molecule has 0 bridgehead atoms. The molecule has 0 N–H and O–H groups in total. The highest BCUT2D eigenvalue weighted by molar-refractivity contribution is 5.25. The first-order valence-electron chi connectivity index (χ1n) is 5.75. The third kappa shape index (κ3) is 3.49. The Hall–Kier alpha value is -2.08. The molecule has 0 aliphatic rings. The van der Waals surface area contributed by atoms with Crippen molar-refractivity contribution >= 4 is 0 Å². The number of hydrogen-bond acceptors (Lipinski definition) is 1. The van der Waals surface area contributed by atoms with E-state index in [-0.39, 0.29) is 24.3 Å². The van der Waals surface area contributed by atoms with Crippen LogP contribution in [0.1, 0.15) is 5.56 Å². The molecule has 0 unspecified atom stereocenters. The van der Waals surface area contributed by atoms with Crippen LogP contribution in [0.3, 0.4) is 0 Å². The summed E-state index contributed by atoms with van der Waals surface area (Å²) in [5, 5.41) is 0. The fourth-order valence-electron chi connectivity index (χ4n) is 1.44. The van der Waals surface area contributed by atoms with Crippen molar-refractivity contribution in [2.24, 2.45) is 0 Å². The third-order valence-corrected chi connectivity index (χ3v) is 2.73. The van der Waals surface area contributed by atoms with Gasteiger partial charge in [-0.2, -0.15) is 48.3 Å². The molecule has 0 aliphatic heterocycles. The average molecular weight is 392 g/mol. The molecule has 0 saturated heterocycles. The zero-order chi connectivity index (χ0) is 19.8. The average Bonchev–Trinajstić information content (AvgIpc) is 2.46. The van der Waals surface area contributed by atoms with Crippen LogP contribution in [-0.2, 0) is 10.7 Å². The molecule has 1 aromatic carbocycles. The molecule has 1 rings (SSSR count). The first-order chi connectivity index (χ1) is 11.1. The first kappa shape index (κ1) is 21.0. The lowest BCUT2D eigenvalue weighted by atomic mass is 9.96. The Morgan fingerprint density at radius 1 is 0.720 bits per heavy atom. The second kappa shape index (κ2) is 6.33. The van der Waals surface area contributed by atoms with Crippen molar-refractivity contribution in [3.8, 4) is 0 Å². The highest BCUT2D eigenvalue weighted by Crippen LogP contribution is 2.56. The first-order valence-corrected chi connectivity index (χ1v) is 5.75. The van der Waals surface area contributed by atoms with Gasteiger partial charge in [0.1, 0.15) is 5.82 Å². The van der Waals surface area contributed by atoms with Crippen molar-refractivity contribution in [1.82, 2.24) is 0 Å². The predicted octanol–water partition coefficient (Wildman–Crippen LogP) is 5.83. The van der Waals surface area contributed by atoms with Gasteiger partial charge in [0.05, 0.1) is 0 Å². The van der Waals surface area contributed by atoms with Gasteiger partial charge < -0.3 is 4.74 Å². The van der Waals surface area contributed by atoms with E-state index in [9.17, 15) is 52.7 Å². The highest BCUT2D eigenvalue weighted by Gasteiger charge is 2.83. The number of hydrogen-bond donors (Lipinski definition) is 0. The Balaban J connectivity index is 3.37. The molecular formula is C12H4F12O. The number of halogens is 12. The zero-order valence-corrected chi connectivity index (χ0v) is 11.3. The molecule has 0 saturated carbocycles. The minimum absolute atomic E-state index is 0.0972. The third-order valence-electron chi connectivity index (χ3n) is 2.73. The van der Waals surface area contributed by atoms with Crippen LogP contribution < -0.4 is 0 Å². The predicted molar refractivity (Wildman–Crippen MR) is 56.6 cm³/mol. The second-order valence-corrected chi connectivity index (χ2v) is 4.38. The molecule has 0 spiro atoms. The second-order valence-electron chi connectivity index (χ2n) is 4.38. The Morgan fingerprint density at radius 2 is 1.16 bits per heavy atom. The van der Waals surface area contributed by atoms with Gasteiger partial charge in [0, 0.05) is 5.56 Å². The minimum Gasteiger partial charge on any atom is -0.397 e. The van der Waals surface area contributed by atoms with Crippen molar-refractivity contribution in [2.45, 2.75) is 23.9 Å². The fraction of sp³-hybridized carbons (Fsp3) is 0.333. The van der Waals surface area contributed by atoms with E-state index in [1.807, 2.05) is 0 Å². The van der Waals surface area contributed by atoms with Crippen LogP contribution in [-0.4, -0.2) is 18.0 Å². The SMILES string of the molecule is FC(F)=C(F)OC(F)(F)C(F)(F)C(F)(F)C(F)(F)c1ccc(F)cc1. The molecule has 0 aliphatic carbocycles. The monoisotopic (exact) mass is 392 g/mol. The van der Waals surface area contributed by atoms with Crippen LogP contribution in [0, 0.1) is 5.82 Å². The summed E-state index contributed by atoms with van der Waals surface area (Å²) in [7, 11) is 0. The summed E-state index contributed by atoms with van der Waals surface area (Å²) in [4.78, 5) is 0. The summed E-state index contributed by atoms with van der Waals surface area (Å²) in [6.45, 7) is 0. The lowest BCUT2D eigenvalue weighted by Crippen LogP contribution is -2.61. The summed E-state index contributed by atoms with van der Waals surface area (Å²) >= 11 is 0. The number of ether oxygens (including phenoxy) is 1. The summed E-state index contributed by atoms with van der Waals surface area (Å²) in [5.74, 6) is -21.4. The molecule has 0 atom stereocenters. The molecule has 0 amide bonds. The Kier molecular flexibility index (Phi) is 5.31. The van der Waals surface area contributed by atoms with Crippen molar-refractivity contribution in [3.63, 3.8) is 0 Å². The van der Waals surface area contributed by atoms with Crippen molar-refractivity contribution in [1.29, 1.82) is 0 Å². The Morgan fingerprint density at radius 3 is 1.56 bits per heavy atom. The molecule has 0 fully saturated rings. The van der Waals surface area contributed by atoms with Crippen LogP contribution in [0.4, 0.5) is 52.7 Å². The zero-order valence-electron chi connectivity index (χ0n) is 11.3. The van der Waals surface area contributed by atoms with E-state index in [1.165, 1.54) is 0 Å². The van der Waals surface area contributed by atoms with Crippen LogP contribution >= 0.6 is 0 Å². The van der Waals surface area contributed by atoms with Gasteiger partial charge in [0.15, 0.2) is 0 Å². The standard InChI is InChI=1S/C12H4F12O/c13-6-3-1-5(2-4-6)9(17,18)10(19,20)11(21,22)12(23,24)25-8(16)7(14)15/h1-4H. The molecule has 1 nitrogen and oxygen atoms in total. The lowest BCUT2D eigenvalue weighted by molar-refractivity contribution is -0.426. The maximum atomic E-state index is 13.6. The number of rotatable bonds is 6. The topological polar surface area (TPSA) is 9.23 Å². The van der Waals surface area contributed by atoms with Crippen LogP contribution in [0.15, 0.2) is 36.4 Å². The van der Waals surface area contributed by atoms with Crippen LogP contribution in [0.5, 0.6) is 0 Å². The van der Waals surface area contributed by atoms with E-state index in [0.717, 1.165) is 0 Å². The van der Waals surface area contributed by atoms with E-state index in [4.69, 9.17) is 0 Å². The maximum Gasteiger partial charge on any atom is 0.472 e. The van der Waals surface area contributed by atoms with Gasteiger partial charge in [0.25, 0.3) is 0 Å². The largest absolute Gasteiger partial charge is 0.472 e. The van der Waals surface area contributed by atoms with Gasteiger partial charge >= 0.3 is 36.0 Å². The summed E-state index contributed by atoms with van der Waals surface area (Å²) < 4.78 is 157. The molecule has 13 heteroatoms. The van der Waals surface area contributed by atoms with E-state index in [1.54, 1.807) is 0 Å². The Bertz CT molecular complexity index is 645. The van der Waals surface area contributed by atoms with Gasteiger partial charge in [0.2, 0.25) is 0 Å². The van der Waals surface area contributed by atoms with Crippen molar-refractivity contribution < 1.29 is 57.4 Å². The number of alkyl halides is 8. The molecule has 142 valence electrons. The normalized spacial score (nSPS) is 13.6. The maximum absolute atomic E-state index is 13.6. The van der Waals surface area contributed by atoms with Crippen LogP contribution in [0.25, 0.3) is 0 Å². The summed E-state index contributed by atoms with van der Waals surface area (Å²) in [5.41, 5.74) is -2.00. The van der Waals surface area contributed by atoms with Crippen molar-refractivity contribution in [2.75, 3.05) is 0 Å². The quantitative estimate of drug-likeness (QED) is 0.437. The van der Waals surface area contributed by atoms with Gasteiger partial charge in [-0.15, -0.1) is 0 Å². The molecule has 1 aromatic rings. The molecule has 0 heterocycles. The Labute approximate surface area is 130 Å². The smallest absolute Gasteiger partial charge is 0.397 e. The molecule has 25 heavy (non-hydrogen) atoms. The fourth-order valence-corrected chi connectivity index (χ4v) is 1.44. The van der Waals surface area contributed by atoms with Crippen molar-refractivity contribution in [3.05, 3.63) is 47.7 Å². The van der Waals surface area contributed by atoms with Gasteiger partial charge in [-0.05, 0) is 24.3 Å². The van der Waals surface area contributed by atoms with Gasteiger partial charge in [-0.25, -0.2) is 4.39 Å². The minimum atomic E-state index is -7.15. The van der Waals surface area contributed by atoms with Crippen LogP contribution in [0.2, 0.25) is 0 Å².